The second kappa shape index (κ2) is 5.14. The second-order valence-corrected chi connectivity index (χ2v) is 3.70. The Morgan fingerprint density at radius 2 is 2.00 bits per heavy atom. The molecule has 0 radical (unpaired) electrons. The highest BCUT2D eigenvalue weighted by Gasteiger charge is 2.16. The minimum Gasteiger partial charge on any atom is -0.490 e. The average molecular weight is 208 g/mol. The SMILES string of the molecule is OCc1ccccc1OC1CCOCC1. The van der Waals surface area contributed by atoms with E-state index in [1.54, 1.807) is 0 Å². The summed E-state index contributed by atoms with van der Waals surface area (Å²) in [6, 6.07) is 7.62. The summed E-state index contributed by atoms with van der Waals surface area (Å²) < 4.78 is 11.1. The van der Waals surface area contributed by atoms with E-state index in [1.807, 2.05) is 24.3 Å². The van der Waals surface area contributed by atoms with Gasteiger partial charge < -0.3 is 14.6 Å². The Kier molecular flexibility index (Phi) is 3.59. The van der Waals surface area contributed by atoms with Gasteiger partial charge in [-0.2, -0.15) is 0 Å². The summed E-state index contributed by atoms with van der Waals surface area (Å²) >= 11 is 0. The first-order chi connectivity index (χ1) is 7.40. The van der Waals surface area contributed by atoms with Crippen LogP contribution in [0.15, 0.2) is 24.3 Å². The van der Waals surface area contributed by atoms with Gasteiger partial charge in [0, 0.05) is 18.4 Å². The van der Waals surface area contributed by atoms with Crippen LogP contribution in [0, 0.1) is 0 Å². The van der Waals surface area contributed by atoms with Gasteiger partial charge in [0.15, 0.2) is 0 Å². The molecule has 3 heteroatoms. The second-order valence-electron chi connectivity index (χ2n) is 3.70. The number of benzene rings is 1. The molecule has 3 nitrogen and oxygen atoms in total. The summed E-state index contributed by atoms with van der Waals surface area (Å²) in [7, 11) is 0. The van der Waals surface area contributed by atoms with Gasteiger partial charge in [0.1, 0.15) is 11.9 Å². The smallest absolute Gasteiger partial charge is 0.125 e. The summed E-state index contributed by atoms with van der Waals surface area (Å²) in [5.74, 6) is 0.798. The Balaban J connectivity index is 2.02. The zero-order chi connectivity index (χ0) is 10.5. The minimum atomic E-state index is 0.0272. The van der Waals surface area contributed by atoms with E-state index in [0.29, 0.717) is 0 Å². The number of hydrogen-bond acceptors (Lipinski definition) is 3. The summed E-state index contributed by atoms with van der Waals surface area (Å²) in [5, 5.41) is 9.14. The number of aliphatic hydroxyl groups is 1. The fourth-order valence-electron chi connectivity index (χ4n) is 1.72. The largest absolute Gasteiger partial charge is 0.490 e. The van der Waals surface area contributed by atoms with Crippen LogP contribution in [0.2, 0.25) is 0 Å². The monoisotopic (exact) mass is 208 g/mol. The van der Waals surface area contributed by atoms with E-state index in [0.717, 1.165) is 37.4 Å². The lowest BCUT2D eigenvalue weighted by Gasteiger charge is -2.24. The van der Waals surface area contributed by atoms with Crippen molar-refractivity contribution in [2.45, 2.75) is 25.6 Å². The lowest BCUT2D eigenvalue weighted by Crippen LogP contribution is -2.26. The van der Waals surface area contributed by atoms with Crippen LogP contribution in [-0.2, 0) is 11.3 Å². The predicted octanol–water partition coefficient (Wildman–Crippen LogP) is 1.74. The summed E-state index contributed by atoms with van der Waals surface area (Å²) in [5.41, 5.74) is 0.851. The number of rotatable bonds is 3. The van der Waals surface area contributed by atoms with Gasteiger partial charge in [0.25, 0.3) is 0 Å². The molecule has 15 heavy (non-hydrogen) atoms. The molecule has 1 saturated heterocycles. The highest BCUT2D eigenvalue weighted by Crippen LogP contribution is 2.22. The molecule has 1 aromatic rings. The molecule has 0 aromatic heterocycles. The first-order valence-electron chi connectivity index (χ1n) is 5.33. The van der Waals surface area contributed by atoms with Gasteiger partial charge in [0.05, 0.1) is 19.8 Å². The lowest BCUT2D eigenvalue weighted by molar-refractivity contribution is 0.0247. The summed E-state index contributed by atoms with van der Waals surface area (Å²) in [6.07, 6.45) is 2.09. The molecule has 82 valence electrons. The lowest BCUT2D eigenvalue weighted by atomic mass is 10.1. The van der Waals surface area contributed by atoms with Crippen molar-refractivity contribution in [2.75, 3.05) is 13.2 Å². The van der Waals surface area contributed by atoms with Crippen LogP contribution >= 0.6 is 0 Å². The molecule has 1 heterocycles. The Bertz CT molecular complexity index is 305. The van der Waals surface area contributed by atoms with Crippen LogP contribution in [0.3, 0.4) is 0 Å². The van der Waals surface area contributed by atoms with Gasteiger partial charge in [-0.3, -0.25) is 0 Å². The van der Waals surface area contributed by atoms with Gasteiger partial charge in [-0.1, -0.05) is 18.2 Å². The van der Waals surface area contributed by atoms with Crippen LogP contribution in [0.1, 0.15) is 18.4 Å². The quantitative estimate of drug-likeness (QED) is 0.822. The molecule has 0 spiro atoms. The molecule has 0 saturated carbocycles. The van der Waals surface area contributed by atoms with Crippen LogP contribution in [0.5, 0.6) is 5.75 Å². The Morgan fingerprint density at radius 1 is 1.27 bits per heavy atom. The topological polar surface area (TPSA) is 38.7 Å². The molecule has 1 aromatic carbocycles. The van der Waals surface area contributed by atoms with Crippen LogP contribution in [0.4, 0.5) is 0 Å². The number of aliphatic hydroxyl groups excluding tert-OH is 1. The van der Waals surface area contributed by atoms with Crippen molar-refractivity contribution in [3.63, 3.8) is 0 Å². The third kappa shape index (κ3) is 2.70. The number of hydrogen-bond donors (Lipinski definition) is 1. The summed E-state index contributed by atoms with van der Waals surface area (Å²) in [4.78, 5) is 0. The zero-order valence-corrected chi connectivity index (χ0v) is 8.69. The number of ether oxygens (including phenoxy) is 2. The van der Waals surface area contributed by atoms with Crippen LogP contribution < -0.4 is 4.74 Å². The molecule has 1 N–H and O–H groups in total. The maximum atomic E-state index is 9.14. The normalized spacial score (nSPS) is 17.7. The Labute approximate surface area is 89.6 Å². The van der Waals surface area contributed by atoms with E-state index in [4.69, 9.17) is 14.6 Å². The third-order valence-corrected chi connectivity index (χ3v) is 2.60. The molecule has 2 rings (SSSR count). The predicted molar refractivity (Wildman–Crippen MR) is 56.8 cm³/mol. The average Bonchev–Trinajstić information content (AvgIpc) is 2.31. The highest BCUT2D eigenvalue weighted by molar-refractivity contribution is 5.32. The van der Waals surface area contributed by atoms with Crippen molar-refractivity contribution in [3.05, 3.63) is 29.8 Å². The molecule has 0 bridgehead atoms. The molecule has 0 amide bonds. The van der Waals surface area contributed by atoms with E-state index in [9.17, 15) is 0 Å². The van der Waals surface area contributed by atoms with Crippen molar-refractivity contribution in [1.29, 1.82) is 0 Å². The highest BCUT2D eigenvalue weighted by atomic mass is 16.5. The van der Waals surface area contributed by atoms with Crippen molar-refractivity contribution in [1.82, 2.24) is 0 Å². The van der Waals surface area contributed by atoms with Crippen molar-refractivity contribution in [3.8, 4) is 5.75 Å². The van der Waals surface area contributed by atoms with E-state index in [1.165, 1.54) is 0 Å². The number of para-hydroxylation sites is 1. The van der Waals surface area contributed by atoms with E-state index in [2.05, 4.69) is 0 Å². The third-order valence-electron chi connectivity index (χ3n) is 2.60. The first-order valence-corrected chi connectivity index (χ1v) is 5.33. The van der Waals surface area contributed by atoms with Crippen LogP contribution in [0.25, 0.3) is 0 Å². The Morgan fingerprint density at radius 3 is 2.73 bits per heavy atom. The van der Waals surface area contributed by atoms with Gasteiger partial charge in [-0.15, -0.1) is 0 Å². The van der Waals surface area contributed by atoms with E-state index >= 15 is 0 Å². The zero-order valence-electron chi connectivity index (χ0n) is 8.69. The van der Waals surface area contributed by atoms with Gasteiger partial charge in [0.2, 0.25) is 0 Å². The molecular weight excluding hydrogens is 192 g/mol. The van der Waals surface area contributed by atoms with Gasteiger partial charge >= 0.3 is 0 Å². The molecule has 1 aliphatic rings. The van der Waals surface area contributed by atoms with Crippen LogP contribution in [-0.4, -0.2) is 24.4 Å². The molecule has 1 fully saturated rings. The molecule has 1 aliphatic heterocycles. The maximum absolute atomic E-state index is 9.14. The molecule has 0 atom stereocenters. The Hall–Kier alpha value is -1.06. The van der Waals surface area contributed by atoms with Gasteiger partial charge in [-0.25, -0.2) is 0 Å². The molecule has 0 aliphatic carbocycles. The molecular formula is C12H16O3. The fraction of sp³-hybridized carbons (Fsp3) is 0.500. The fourth-order valence-corrected chi connectivity index (χ4v) is 1.72. The minimum absolute atomic E-state index is 0.0272. The van der Waals surface area contributed by atoms with Crippen molar-refractivity contribution < 1.29 is 14.6 Å². The first kappa shape index (κ1) is 10.5. The van der Waals surface area contributed by atoms with Gasteiger partial charge in [-0.05, 0) is 6.07 Å². The standard InChI is InChI=1S/C12H16O3/c13-9-10-3-1-2-4-12(10)15-11-5-7-14-8-6-11/h1-4,11,13H,5-9H2. The molecule has 0 unspecified atom stereocenters. The van der Waals surface area contributed by atoms with Crippen molar-refractivity contribution in [2.24, 2.45) is 0 Å². The van der Waals surface area contributed by atoms with E-state index < -0.39 is 0 Å². The maximum Gasteiger partial charge on any atom is 0.125 e. The van der Waals surface area contributed by atoms with Crippen molar-refractivity contribution >= 4 is 0 Å². The van der Waals surface area contributed by atoms with E-state index in [-0.39, 0.29) is 12.7 Å². The summed E-state index contributed by atoms with van der Waals surface area (Å²) in [6.45, 7) is 1.57.